The lowest BCUT2D eigenvalue weighted by atomic mass is 9.79. The summed E-state index contributed by atoms with van der Waals surface area (Å²) in [4.78, 5) is 70.6. The van der Waals surface area contributed by atoms with Crippen LogP contribution in [0.1, 0.15) is 115 Å². The number of esters is 1. The zero-order valence-electron chi connectivity index (χ0n) is 44.4. The van der Waals surface area contributed by atoms with Crippen molar-refractivity contribution < 1.29 is 53.8 Å². The van der Waals surface area contributed by atoms with Crippen LogP contribution >= 0.6 is 0 Å². The molecule has 74 heavy (non-hydrogen) atoms. The van der Waals surface area contributed by atoms with Crippen LogP contribution in [0.25, 0.3) is 10.8 Å². The minimum absolute atomic E-state index is 0.0410. The van der Waals surface area contributed by atoms with Gasteiger partial charge in [-0.1, -0.05) is 90.1 Å². The Balaban J connectivity index is 1.11. The third-order valence-corrected chi connectivity index (χ3v) is 16.1. The number of anilines is 1. The highest BCUT2D eigenvalue weighted by atomic mass is 16.7. The average Bonchev–Trinajstić information content (AvgIpc) is 3.87. The van der Waals surface area contributed by atoms with E-state index in [1.165, 1.54) is 18.7 Å². The SMILES string of the molecule is C/C1=C/C=C/[C@H](C)[C@H](O)[C@@H](C)C(O)[C@@H](C)C(OC(=O)CC(=O)N2CCC(Cc3ccccc3)CC2)[C@H](C)C/C=C/OC2(C)Oc3c(C)c(O)c4c(O)c(c5c(c4c3C2=O)=NC2(CCN(CC(C)C)CC2)N=5)NC1=O. The third kappa shape index (κ3) is 11.0. The molecule has 0 aromatic heterocycles. The summed E-state index contributed by atoms with van der Waals surface area (Å²) in [5.74, 6) is -6.54. The fourth-order valence-electron chi connectivity index (χ4n) is 11.5. The topological polar surface area (TPSA) is 220 Å². The minimum Gasteiger partial charge on any atom is -0.507 e. The van der Waals surface area contributed by atoms with Crippen LogP contribution in [0.5, 0.6) is 17.2 Å². The van der Waals surface area contributed by atoms with Gasteiger partial charge in [0, 0.05) is 86.8 Å². The maximum absolute atomic E-state index is 14.9. The molecule has 9 rings (SSSR count). The van der Waals surface area contributed by atoms with Crippen LogP contribution < -0.4 is 20.8 Å². The van der Waals surface area contributed by atoms with E-state index in [4.69, 9.17) is 24.2 Å². The first kappa shape index (κ1) is 54.2. The zero-order valence-corrected chi connectivity index (χ0v) is 44.4. The summed E-state index contributed by atoms with van der Waals surface area (Å²) in [6, 6.07) is 10.3. The van der Waals surface area contributed by atoms with Crippen molar-refractivity contribution in [1.29, 1.82) is 0 Å². The van der Waals surface area contributed by atoms with E-state index in [0.717, 1.165) is 25.8 Å². The predicted molar refractivity (Wildman–Crippen MR) is 280 cm³/mol. The van der Waals surface area contributed by atoms with Crippen LogP contribution in [0.4, 0.5) is 5.69 Å². The molecule has 16 nitrogen and oxygen atoms in total. The maximum atomic E-state index is 14.9. The first-order chi connectivity index (χ1) is 35.1. The van der Waals surface area contributed by atoms with Crippen LogP contribution in [0.15, 0.2) is 76.5 Å². The molecule has 5 bridgehead atoms. The molecule has 5 N–H and O–H groups in total. The summed E-state index contributed by atoms with van der Waals surface area (Å²) >= 11 is 0. The number of ether oxygens (including phenoxy) is 3. The number of piperidine rings is 2. The van der Waals surface area contributed by atoms with Crippen molar-refractivity contribution in [3.63, 3.8) is 0 Å². The number of rotatable bonds is 7. The van der Waals surface area contributed by atoms with Gasteiger partial charge >= 0.3 is 11.8 Å². The van der Waals surface area contributed by atoms with Crippen molar-refractivity contribution in [3.05, 3.63) is 93.9 Å². The van der Waals surface area contributed by atoms with Crippen molar-refractivity contribution in [2.75, 3.05) is 38.0 Å². The zero-order chi connectivity index (χ0) is 53.4. The van der Waals surface area contributed by atoms with Gasteiger partial charge in [0.05, 0.1) is 34.8 Å². The average molecular weight is 1020 g/mol. The molecule has 16 heteroatoms. The van der Waals surface area contributed by atoms with E-state index in [0.29, 0.717) is 50.9 Å². The number of aliphatic hydroxyl groups is 2. The van der Waals surface area contributed by atoms with Crippen molar-refractivity contribution in [2.45, 2.75) is 137 Å². The van der Waals surface area contributed by atoms with Crippen molar-refractivity contribution >= 4 is 40.0 Å². The van der Waals surface area contributed by atoms with Gasteiger partial charge in [-0.25, -0.2) is 0 Å². The van der Waals surface area contributed by atoms with Crippen molar-refractivity contribution in [1.82, 2.24) is 9.80 Å². The smallest absolute Gasteiger partial charge is 0.315 e. The van der Waals surface area contributed by atoms with Crippen LogP contribution in [0, 0.1) is 42.4 Å². The first-order valence-corrected chi connectivity index (χ1v) is 26.5. The number of benzene rings is 3. The Labute approximate surface area is 433 Å². The van der Waals surface area contributed by atoms with Gasteiger partial charge in [0.25, 0.3) is 11.7 Å². The standard InChI is InChI=1S/C58H75N5O11/c1-32(2)31-62-26-22-58(23-27-62)60-46-43-44-51(68)38(8)54-45(43)55(70)57(9,74-54)72-28-14-17-34(4)53(73-42(65)30-41(64)63-24-20-40(21-25-63)29-39-18-11-10-12-19-39)37(7)50(67)36(6)49(66)33(3)15-13-16-35(5)56(71)59-48(52(44)69)47(46)61-58/h10-16,18-19,28,32-34,36-37,40,49-50,53,66-69H,17,20-27,29-31H2,1-9H3,(H,59,71)/b15-13+,28-14+,35-16-/t33-,34+,36+,37+,49-,50?,53?,57?/m0/s1. The lowest BCUT2D eigenvalue weighted by Crippen LogP contribution is -2.45. The molecule has 1 spiro atoms. The van der Waals surface area contributed by atoms with Crippen molar-refractivity contribution in [2.24, 2.45) is 45.5 Å². The number of fused-ring (bicyclic) bond motifs is 13. The maximum Gasteiger partial charge on any atom is 0.315 e. The second-order valence-electron chi connectivity index (χ2n) is 22.2. The second kappa shape index (κ2) is 22.0. The molecule has 3 aromatic rings. The summed E-state index contributed by atoms with van der Waals surface area (Å²) in [5.41, 5.74) is 0.667. The van der Waals surface area contributed by atoms with Crippen LogP contribution in [0.2, 0.25) is 0 Å². The van der Waals surface area contributed by atoms with Crippen LogP contribution in [-0.4, -0.2) is 116 Å². The normalized spacial score (nSPS) is 29.4. The largest absolute Gasteiger partial charge is 0.507 e. The van der Waals surface area contributed by atoms with E-state index in [9.17, 15) is 39.6 Å². The monoisotopic (exact) mass is 1020 g/mol. The summed E-state index contributed by atoms with van der Waals surface area (Å²) in [6.45, 7) is 19.4. The molecule has 2 fully saturated rings. The number of ketones is 1. The molecule has 6 heterocycles. The quantitative estimate of drug-likeness (QED) is 0.0920. The number of likely N-dealkylation sites (tertiary alicyclic amines) is 2. The first-order valence-electron chi connectivity index (χ1n) is 26.5. The Morgan fingerprint density at radius 1 is 0.905 bits per heavy atom. The molecule has 2 saturated heterocycles. The molecule has 3 aromatic carbocycles. The highest BCUT2D eigenvalue weighted by Crippen LogP contribution is 2.50. The molecule has 0 saturated carbocycles. The minimum atomic E-state index is -1.95. The van der Waals surface area contributed by atoms with Crippen LogP contribution in [-0.2, 0) is 30.3 Å². The van der Waals surface area contributed by atoms with Gasteiger partial charge in [-0.15, -0.1) is 0 Å². The molecule has 8 atom stereocenters. The molecule has 6 aliphatic rings. The highest BCUT2D eigenvalue weighted by Gasteiger charge is 2.50. The van der Waals surface area contributed by atoms with E-state index >= 15 is 0 Å². The molecule has 0 aliphatic carbocycles. The number of hydrogen-bond donors (Lipinski definition) is 5. The highest BCUT2D eigenvalue weighted by molar-refractivity contribution is 6.19. The molecule has 398 valence electrons. The number of aromatic hydroxyl groups is 2. The summed E-state index contributed by atoms with van der Waals surface area (Å²) in [7, 11) is 0. The Morgan fingerprint density at radius 3 is 2.26 bits per heavy atom. The predicted octanol–water partition coefficient (Wildman–Crippen LogP) is 6.98. The van der Waals surface area contributed by atoms with E-state index in [2.05, 4.69) is 36.2 Å². The Hall–Kier alpha value is -6.10. The molecule has 6 aliphatic heterocycles. The van der Waals surface area contributed by atoms with E-state index < -0.39 is 83.3 Å². The van der Waals surface area contributed by atoms with Gasteiger partial charge in [-0.2, -0.15) is 0 Å². The van der Waals surface area contributed by atoms with Gasteiger partial charge in [0.15, 0.2) is 11.4 Å². The van der Waals surface area contributed by atoms with E-state index in [1.807, 2.05) is 25.1 Å². The molecule has 0 radical (unpaired) electrons. The van der Waals surface area contributed by atoms with Gasteiger partial charge in [0.1, 0.15) is 35.1 Å². The number of carbonyl (C=O) groups excluding carboxylic acids is 4. The number of nitrogens with one attached hydrogen (secondary N) is 1. The third-order valence-electron chi connectivity index (χ3n) is 16.1. The number of allylic oxidation sites excluding steroid dienone is 3. The molecule has 2 amide bonds. The fourth-order valence-corrected chi connectivity index (χ4v) is 11.5. The lowest BCUT2D eigenvalue weighted by molar-refractivity contribution is -0.162. The van der Waals surface area contributed by atoms with Gasteiger partial charge in [-0.05, 0) is 68.9 Å². The number of phenols is 2. The summed E-state index contributed by atoms with van der Waals surface area (Å²) in [6.07, 6.45) is 8.15. The number of aliphatic hydroxyl groups excluding tert-OH is 2. The molecule has 3 unspecified atom stereocenters. The lowest BCUT2D eigenvalue weighted by Gasteiger charge is -2.37. The number of nitrogens with zero attached hydrogens (tertiary/aromatic N) is 4. The van der Waals surface area contributed by atoms with Gasteiger partial charge in [-0.3, -0.25) is 29.2 Å². The Morgan fingerprint density at radius 2 is 1.58 bits per heavy atom. The summed E-state index contributed by atoms with van der Waals surface area (Å²) in [5, 5.41) is 50.9. The number of phenolic OH excluding ortho intramolecular Hbond substituents is 2. The number of carbonyl (C=O) groups is 4. The second-order valence-corrected chi connectivity index (χ2v) is 22.2. The number of Topliss-reactive ketones (excluding diaryl/α,β-unsaturated/α-hetero) is 1. The van der Waals surface area contributed by atoms with E-state index in [-0.39, 0.29) is 67.7 Å². The fraction of sp³-hybridized carbons (Fsp3) is 0.552. The number of amides is 2. The summed E-state index contributed by atoms with van der Waals surface area (Å²) < 4.78 is 18.6. The van der Waals surface area contributed by atoms with Crippen molar-refractivity contribution in [3.8, 4) is 17.2 Å². The Bertz CT molecular complexity index is 2860. The van der Waals surface area contributed by atoms with Crippen LogP contribution in [0.3, 0.4) is 0 Å². The number of hydrogen-bond acceptors (Lipinski definition) is 14. The van der Waals surface area contributed by atoms with Gasteiger partial charge in [0.2, 0.25) is 5.91 Å². The Kier molecular flexibility index (Phi) is 16.1. The van der Waals surface area contributed by atoms with Gasteiger partial charge < -0.3 is 49.8 Å². The van der Waals surface area contributed by atoms with E-state index in [1.54, 1.807) is 63.8 Å². The molecular weight excluding hydrogens is 943 g/mol. The molecular formula is C58H75N5O11.